The molecular formula is C33H22N2. The fraction of sp³-hybridized carbons (Fsp3) is 0.121. The molecule has 2 aliphatic heterocycles. The van der Waals surface area contributed by atoms with Gasteiger partial charge < -0.3 is 4.90 Å². The van der Waals surface area contributed by atoms with E-state index in [9.17, 15) is 0 Å². The lowest BCUT2D eigenvalue weighted by Crippen LogP contribution is -2.25. The quantitative estimate of drug-likeness (QED) is 0.240. The van der Waals surface area contributed by atoms with Gasteiger partial charge in [-0.1, -0.05) is 60.7 Å². The Morgan fingerprint density at radius 3 is 2.09 bits per heavy atom. The van der Waals surface area contributed by atoms with E-state index in [1.165, 1.54) is 83.8 Å². The first-order valence-electron chi connectivity index (χ1n) is 12.6. The number of hydrogen-bond acceptors (Lipinski definition) is 2. The van der Waals surface area contributed by atoms with Crippen LogP contribution >= 0.6 is 0 Å². The van der Waals surface area contributed by atoms with Gasteiger partial charge in [0.2, 0.25) is 0 Å². The second kappa shape index (κ2) is 6.28. The molecule has 0 saturated heterocycles. The highest BCUT2D eigenvalue weighted by Gasteiger charge is 2.36. The van der Waals surface area contributed by atoms with Crippen molar-refractivity contribution >= 4 is 17.1 Å². The van der Waals surface area contributed by atoms with Gasteiger partial charge in [-0.25, -0.2) is 0 Å². The average molecular weight is 447 g/mol. The summed E-state index contributed by atoms with van der Waals surface area (Å²) in [4.78, 5) is 7.21. The SMILES string of the molecule is c1ccc2c(c1)Cc1c-2ccc2c1-c1c(ccc3c1Cc1cncc4c1N3c1ccccc1C4)C2. The number of nitrogens with zero attached hydrogens (tertiary/aromatic N) is 2. The summed E-state index contributed by atoms with van der Waals surface area (Å²) in [7, 11) is 0. The van der Waals surface area contributed by atoms with E-state index in [0.717, 1.165) is 25.7 Å². The highest BCUT2D eigenvalue weighted by atomic mass is 15.2. The minimum atomic E-state index is 0.948. The third kappa shape index (κ3) is 2.23. The van der Waals surface area contributed by atoms with Crippen LogP contribution in [0.15, 0.2) is 85.2 Å². The van der Waals surface area contributed by atoms with E-state index in [2.05, 4.69) is 95.1 Å². The number of fused-ring (bicyclic) bond motifs is 12. The Morgan fingerprint density at radius 1 is 0.486 bits per heavy atom. The molecule has 0 radical (unpaired) electrons. The largest absolute Gasteiger partial charge is 0.309 e. The van der Waals surface area contributed by atoms with Crippen LogP contribution in [0.5, 0.6) is 0 Å². The van der Waals surface area contributed by atoms with E-state index in [1.54, 1.807) is 0 Å². The summed E-state index contributed by atoms with van der Waals surface area (Å²) in [5.41, 5.74) is 21.3. The number of rotatable bonds is 0. The Hall–Kier alpha value is -4.17. The fourth-order valence-electron chi connectivity index (χ4n) is 7.19. The van der Waals surface area contributed by atoms with Crippen molar-refractivity contribution < 1.29 is 0 Å². The smallest absolute Gasteiger partial charge is 0.0563 e. The topological polar surface area (TPSA) is 16.1 Å². The molecular weight excluding hydrogens is 424 g/mol. The summed E-state index contributed by atoms with van der Waals surface area (Å²) in [6, 6.07) is 27.3. The molecule has 4 aliphatic rings. The zero-order chi connectivity index (χ0) is 22.7. The maximum absolute atomic E-state index is 4.68. The van der Waals surface area contributed by atoms with Crippen LogP contribution in [-0.4, -0.2) is 4.98 Å². The minimum Gasteiger partial charge on any atom is -0.309 e. The molecule has 0 saturated carbocycles. The lowest BCUT2D eigenvalue weighted by atomic mass is 9.84. The first kappa shape index (κ1) is 18.2. The predicted molar refractivity (Wildman–Crippen MR) is 141 cm³/mol. The van der Waals surface area contributed by atoms with Crippen LogP contribution in [0.4, 0.5) is 17.1 Å². The molecule has 9 rings (SSSR count). The normalized spacial score (nSPS) is 14.9. The predicted octanol–water partition coefficient (Wildman–Crippen LogP) is 7.50. The van der Waals surface area contributed by atoms with Gasteiger partial charge in [-0.15, -0.1) is 0 Å². The van der Waals surface area contributed by atoms with Gasteiger partial charge in [0.1, 0.15) is 0 Å². The maximum atomic E-state index is 4.68. The zero-order valence-corrected chi connectivity index (χ0v) is 19.3. The Labute approximate surface area is 204 Å². The molecule has 0 unspecified atom stereocenters. The Bertz CT molecular complexity index is 1760. The van der Waals surface area contributed by atoms with Gasteiger partial charge in [-0.3, -0.25) is 4.98 Å². The van der Waals surface area contributed by atoms with Crippen molar-refractivity contribution in [2.45, 2.75) is 25.7 Å². The maximum Gasteiger partial charge on any atom is 0.0563 e. The van der Waals surface area contributed by atoms with Crippen LogP contribution in [0.1, 0.15) is 44.5 Å². The van der Waals surface area contributed by atoms with Crippen molar-refractivity contribution in [2.75, 3.05) is 4.90 Å². The van der Waals surface area contributed by atoms with Gasteiger partial charge in [0.05, 0.1) is 11.4 Å². The first-order valence-corrected chi connectivity index (χ1v) is 12.6. The molecule has 164 valence electrons. The number of benzene rings is 4. The van der Waals surface area contributed by atoms with Gasteiger partial charge in [-0.2, -0.15) is 0 Å². The molecule has 0 bridgehead atoms. The second-order valence-corrected chi connectivity index (χ2v) is 10.4. The number of hydrogen-bond donors (Lipinski definition) is 0. The summed E-state index contributed by atoms with van der Waals surface area (Å²) >= 11 is 0. The van der Waals surface area contributed by atoms with E-state index in [0.29, 0.717) is 0 Å². The Morgan fingerprint density at radius 2 is 1.17 bits per heavy atom. The molecule has 1 aromatic heterocycles. The van der Waals surface area contributed by atoms with Crippen LogP contribution in [0.2, 0.25) is 0 Å². The number of pyridine rings is 1. The highest BCUT2D eigenvalue weighted by Crippen LogP contribution is 2.55. The van der Waals surface area contributed by atoms with Gasteiger partial charge in [-0.05, 0) is 91.7 Å². The van der Waals surface area contributed by atoms with Crippen molar-refractivity contribution in [3.8, 4) is 22.3 Å². The number of para-hydroxylation sites is 1. The third-order valence-electron chi connectivity index (χ3n) is 8.59. The molecule has 35 heavy (non-hydrogen) atoms. The Kier molecular flexibility index (Phi) is 3.27. The van der Waals surface area contributed by atoms with Crippen molar-refractivity contribution in [1.82, 2.24) is 4.98 Å². The molecule has 0 N–H and O–H groups in total. The van der Waals surface area contributed by atoms with E-state index in [4.69, 9.17) is 0 Å². The average Bonchev–Trinajstić information content (AvgIpc) is 3.47. The second-order valence-electron chi connectivity index (χ2n) is 10.4. The van der Waals surface area contributed by atoms with Crippen LogP contribution in [-0.2, 0) is 25.7 Å². The molecule has 0 atom stereocenters. The van der Waals surface area contributed by atoms with Crippen LogP contribution < -0.4 is 4.90 Å². The first-order chi connectivity index (χ1) is 17.3. The van der Waals surface area contributed by atoms with E-state index in [1.807, 2.05) is 0 Å². The molecule has 0 amide bonds. The van der Waals surface area contributed by atoms with Gasteiger partial charge in [0, 0.05) is 30.9 Å². The fourth-order valence-corrected chi connectivity index (χ4v) is 7.19. The van der Waals surface area contributed by atoms with Gasteiger partial charge in [0.25, 0.3) is 0 Å². The van der Waals surface area contributed by atoms with E-state index >= 15 is 0 Å². The van der Waals surface area contributed by atoms with E-state index in [-0.39, 0.29) is 0 Å². The molecule has 0 spiro atoms. The third-order valence-corrected chi connectivity index (χ3v) is 8.59. The van der Waals surface area contributed by atoms with Crippen LogP contribution in [0.3, 0.4) is 0 Å². The van der Waals surface area contributed by atoms with Gasteiger partial charge in [0.15, 0.2) is 0 Å². The van der Waals surface area contributed by atoms with Crippen molar-refractivity contribution in [3.05, 3.63) is 130 Å². The van der Waals surface area contributed by atoms with Crippen LogP contribution in [0, 0.1) is 0 Å². The van der Waals surface area contributed by atoms with E-state index < -0.39 is 0 Å². The summed E-state index contributed by atoms with van der Waals surface area (Å²) in [5, 5.41) is 0. The van der Waals surface area contributed by atoms with Crippen molar-refractivity contribution in [1.29, 1.82) is 0 Å². The standard InChI is InChI=1S/C33H22N2/c1-3-7-25-19(5-1)15-27-26(25)11-9-21-14-22-10-12-30-28(32(22)31(21)27)16-24-18-34-17-23-13-20-6-2-4-8-29(20)35(30)33(23)24/h1-12,17-18H,13-16H2. The number of aromatic nitrogens is 1. The molecule has 0 fully saturated rings. The highest BCUT2D eigenvalue weighted by molar-refractivity contribution is 5.97. The summed E-state index contributed by atoms with van der Waals surface area (Å²) in [6.45, 7) is 0. The molecule has 2 heteroatoms. The molecule has 4 aromatic carbocycles. The van der Waals surface area contributed by atoms with Crippen molar-refractivity contribution in [3.63, 3.8) is 0 Å². The van der Waals surface area contributed by atoms with Crippen LogP contribution in [0.25, 0.3) is 22.3 Å². The zero-order valence-electron chi connectivity index (χ0n) is 19.3. The van der Waals surface area contributed by atoms with Gasteiger partial charge >= 0.3 is 0 Å². The lowest BCUT2D eigenvalue weighted by Gasteiger charge is -2.39. The summed E-state index contributed by atoms with van der Waals surface area (Å²) in [6.07, 6.45) is 8.14. The minimum absolute atomic E-state index is 0.948. The Balaban J connectivity index is 1.33. The molecule has 2 aliphatic carbocycles. The molecule has 2 nitrogen and oxygen atoms in total. The number of anilines is 3. The summed E-state index contributed by atoms with van der Waals surface area (Å²) in [5.74, 6) is 0. The van der Waals surface area contributed by atoms with Crippen molar-refractivity contribution in [2.24, 2.45) is 0 Å². The monoisotopic (exact) mass is 446 g/mol. The summed E-state index contributed by atoms with van der Waals surface area (Å²) < 4.78 is 0. The lowest BCUT2D eigenvalue weighted by molar-refractivity contribution is 0.985. The molecule has 3 heterocycles. The molecule has 5 aromatic rings.